The predicted octanol–water partition coefficient (Wildman–Crippen LogP) is 15.7. The second kappa shape index (κ2) is 29.4. The SMILES string of the molecule is Cc1ccc(-c2ccc(Cn3nc(Nc4ccccc4)c4c3N3C(=N[C@@H]5CCC[C@@H]53)N(C)C4=O)cc2)nc1.Cc1ccc(-c2ccc(Cn3nc4c(c3Nc3ccccc3)C(=O)N(C)C3=N[C@@H]5CCC[C@@H]5N34)cc2)nc1.Cc1ccnc(-c2ccc(Cn3nc4c(c3Nc3ccccc3)C(=O)N(C)C3=N[C@@H]5CCC[C@@H]5N34)cc2)c1. The molecule has 0 saturated heterocycles. The summed E-state index contributed by atoms with van der Waals surface area (Å²) in [7, 11) is 5.46. The Morgan fingerprint density at radius 1 is 0.368 bits per heavy atom. The minimum absolute atomic E-state index is 0.0828. The van der Waals surface area contributed by atoms with Crippen LogP contribution >= 0.6 is 0 Å². The van der Waals surface area contributed by atoms with Crippen molar-refractivity contribution in [2.75, 3.05) is 51.8 Å². The second-order valence-electron chi connectivity index (χ2n) is 31.0. The first-order valence-electron chi connectivity index (χ1n) is 39.5. The van der Waals surface area contributed by atoms with Gasteiger partial charge in [-0.05, 0) is 173 Å². The van der Waals surface area contributed by atoms with Crippen LogP contribution in [-0.4, -0.2) is 152 Å². The van der Waals surface area contributed by atoms with Crippen molar-refractivity contribution in [3.8, 4) is 33.8 Å². The number of para-hydroxylation sites is 3. The Bertz CT molecular complexity index is 5750. The predicted molar refractivity (Wildman–Crippen MR) is 447 cm³/mol. The minimum Gasteiger partial charge on any atom is -0.340 e. The van der Waals surface area contributed by atoms with Gasteiger partial charge in [0, 0.05) is 73.5 Å². The summed E-state index contributed by atoms with van der Waals surface area (Å²) in [4.78, 5) is 81.3. The standard InChI is InChI=1S/3C30H29N7O/c1-19-11-16-23(31-17-19)21-14-12-20(13-15-21)18-36-27(32-22-7-4-3-5-8-22)26-28(34-36)37-25-10-6-9-24(25)33-30(37)35(2)29(26)38;1-19-11-16-23(31-17-19)21-14-12-20(13-15-21)18-36-28-26(27(34-36)32-22-7-4-3-5-8-22)29(38)35(2)30-33-24-9-6-10-25(24)37(28)30;1-19-15-16-31-24(17-19)21-13-11-20(12-14-21)18-36-27(32-22-7-4-3-5-8-22)26-28(34-36)37-25-10-6-9-23(25)33-30(37)35(2)29(26)38/h3-5,7-8,11-17,24-25,32H,6,9-10,18H2,1-2H3;3-5,7-8,11-17,24-25H,6,9-10,18H2,1-2H3,(H,32,34);3-5,7-8,11-17,23,25,32H,6,9-10,18H2,1-2H3/t2*24-,25+;23-,25+/m111/s1. The Morgan fingerprint density at radius 2 is 0.754 bits per heavy atom. The number of anilines is 9. The van der Waals surface area contributed by atoms with Crippen LogP contribution in [0.4, 0.5) is 52.0 Å². The number of hydrogen-bond donors (Lipinski definition) is 3. The molecule has 9 aliphatic rings. The average molecular weight is 1510 g/mol. The first kappa shape index (κ1) is 71.0. The lowest BCUT2D eigenvalue weighted by Crippen LogP contribution is -2.52. The van der Waals surface area contributed by atoms with E-state index in [2.05, 4.69) is 144 Å². The van der Waals surface area contributed by atoms with Crippen LogP contribution in [-0.2, 0) is 19.6 Å². The topological polar surface area (TPSA) is 236 Å². The molecule has 0 unspecified atom stereocenters. The lowest BCUT2D eigenvalue weighted by atomic mass is 10.1. The Balaban J connectivity index is 0.000000115. The first-order valence-corrected chi connectivity index (χ1v) is 39.5. The van der Waals surface area contributed by atoms with Crippen LogP contribution in [0.2, 0.25) is 0 Å². The molecule has 6 aliphatic heterocycles. The molecule has 570 valence electrons. The summed E-state index contributed by atoms with van der Waals surface area (Å²) >= 11 is 0. The average Bonchev–Trinajstić information content (AvgIpc) is 1.57. The van der Waals surface area contributed by atoms with Crippen molar-refractivity contribution in [3.63, 3.8) is 0 Å². The monoisotopic (exact) mass is 1510 g/mol. The second-order valence-corrected chi connectivity index (χ2v) is 31.0. The van der Waals surface area contributed by atoms with E-state index >= 15 is 0 Å². The van der Waals surface area contributed by atoms with Gasteiger partial charge in [-0.1, -0.05) is 140 Å². The summed E-state index contributed by atoms with van der Waals surface area (Å²) in [6.45, 7) is 7.74. The van der Waals surface area contributed by atoms with Gasteiger partial charge in [-0.15, -0.1) is 0 Å². The molecule has 3 saturated carbocycles. The number of amides is 3. The Morgan fingerprint density at radius 3 is 1.17 bits per heavy atom. The summed E-state index contributed by atoms with van der Waals surface area (Å²) in [5.74, 6) is 6.17. The highest BCUT2D eigenvalue weighted by Gasteiger charge is 2.53. The number of aromatic nitrogens is 9. The Labute approximate surface area is 661 Å². The van der Waals surface area contributed by atoms with Gasteiger partial charge in [0.25, 0.3) is 17.7 Å². The number of pyridine rings is 3. The number of nitrogens with zero attached hydrogens (tertiary/aromatic N) is 18. The molecule has 114 heavy (non-hydrogen) atoms. The van der Waals surface area contributed by atoms with Gasteiger partial charge in [-0.25, -0.2) is 29.0 Å². The molecule has 24 nitrogen and oxygen atoms in total. The smallest absolute Gasteiger partial charge is 0.267 e. The van der Waals surface area contributed by atoms with Crippen LogP contribution in [0, 0.1) is 20.8 Å². The molecular weight excluding hydrogens is 1420 g/mol. The van der Waals surface area contributed by atoms with Crippen LogP contribution in [0.5, 0.6) is 0 Å². The molecule has 3 amide bonds. The number of guanidine groups is 3. The van der Waals surface area contributed by atoms with Crippen LogP contribution in [0.15, 0.2) is 234 Å². The maximum Gasteiger partial charge on any atom is 0.267 e. The van der Waals surface area contributed by atoms with Crippen LogP contribution in [0.1, 0.15) is 122 Å². The zero-order valence-corrected chi connectivity index (χ0v) is 64.5. The van der Waals surface area contributed by atoms with Gasteiger partial charge in [0.15, 0.2) is 17.5 Å². The number of carbonyl (C=O) groups excluding carboxylic acids is 3. The van der Waals surface area contributed by atoms with E-state index in [4.69, 9.17) is 30.3 Å². The molecule has 0 spiro atoms. The molecule has 0 radical (unpaired) electrons. The number of nitrogens with one attached hydrogen (secondary N) is 3. The number of fused-ring (bicyclic) bond motifs is 15. The first-order chi connectivity index (χ1) is 55.7. The number of aliphatic imine (C=N–C) groups is 3. The molecule has 3 aliphatic carbocycles. The third kappa shape index (κ3) is 13.0. The van der Waals surface area contributed by atoms with E-state index in [-0.39, 0.29) is 54.0 Å². The number of aryl methyl sites for hydroxylation is 3. The zero-order valence-electron chi connectivity index (χ0n) is 64.5. The summed E-state index contributed by atoms with van der Waals surface area (Å²) in [6.07, 6.45) is 15.4. The van der Waals surface area contributed by atoms with E-state index in [1.807, 2.05) is 177 Å². The molecule has 21 rings (SSSR count). The number of hydrogen-bond acceptors (Lipinski definition) is 18. The lowest BCUT2D eigenvalue weighted by Gasteiger charge is -2.35. The minimum atomic E-state index is -0.0829. The largest absolute Gasteiger partial charge is 0.340 e. The van der Waals surface area contributed by atoms with E-state index in [1.165, 1.54) is 5.56 Å². The van der Waals surface area contributed by atoms with Gasteiger partial charge in [-0.2, -0.15) is 15.3 Å². The van der Waals surface area contributed by atoms with Gasteiger partial charge in [-0.3, -0.25) is 58.7 Å². The quantitative estimate of drug-likeness (QED) is 0.0865. The number of rotatable bonds is 15. The van der Waals surface area contributed by atoms with Gasteiger partial charge in [0.1, 0.15) is 34.1 Å². The third-order valence-electron chi connectivity index (χ3n) is 23.3. The highest BCUT2D eigenvalue weighted by atomic mass is 16.2. The molecule has 3 N–H and O–H groups in total. The number of benzene rings is 6. The van der Waals surface area contributed by atoms with E-state index in [0.29, 0.717) is 65.4 Å². The van der Waals surface area contributed by atoms with Crippen molar-refractivity contribution < 1.29 is 14.4 Å². The van der Waals surface area contributed by atoms with Crippen LogP contribution in [0.3, 0.4) is 0 Å². The van der Waals surface area contributed by atoms with Gasteiger partial charge < -0.3 is 16.0 Å². The molecule has 0 bridgehead atoms. The summed E-state index contributed by atoms with van der Waals surface area (Å²) in [5.41, 5.74) is 17.3. The fourth-order valence-corrected chi connectivity index (χ4v) is 17.5. The number of carbonyl (C=O) groups is 3. The Hall–Kier alpha value is -13.4. The fourth-order valence-electron chi connectivity index (χ4n) is 17.5. The highest BCUT2D eigenvalue weighted by Crippen LogP contribution is 2.47. The summed E-state index contributed by atoms with van der Waals surface area (Å²) in [6, 6.07) is 68.8. The fraction of sp³-hybridized carbons (Fsp3) is 0.267. The Kier molecular flexibility index (Phi) is 18.3. The maximum atomic E-state index is 13.7. The van der Waals surface area contributed by atoms with Crippen LogP contribution in [0.25, 0.3) is 33.8 Å². The normalized spacial score (nSPS) is 19.7. The van der Waals surface area contributed by atoms with Gasteiger partial charge >= 0.3 is 0 Å². The van der Waals surface area contributed by atoms with Gasteiger partial charge in [0.2, 0.25) is 17.9 Å². The molecule has 6 aromatic heterocycles. The maximum absolute atomic E-state index is 13.7. The van der Waals surface area contributed by atoms with E-state index in [9.17, 15) is 14.4 Å². The molecule has 3 fully saturated rings. The third-order valence-corrected chi connectivity index (χ3v) is 23.3. The van der Waals surface area contributed by atoms with Crippen molar-refractivity contribution in [2.45, 2.75) is 134 Å². The zero-order chi connectivity index (χ0) is 77.4. The van der Waals surface area contributed by atoms with Crippen molar-refractivity contribution >= 4 is 87.6 Å². The van der Waals surface area contributed by atoms with Crippen molar-refractivity contribution in [1.82, 2.24) is 59.0 Å². The van der Waals surface area contributed by atoms with Crippen molar-refractivity contribution in [2.24, 2.45) is 15.0 Å². The van der Waals surface area contributed by atoms with Crippen molar-refractivity contribution in [3.05, 3.63) is 269 Å². The molecule has 6 aromatic carbocycles. The van der Waals surface area contributed by atoms with E-state index in [0.717, 1.165) is 160 Å². The summed E-state index contributed by atoms with van der Waals surface area (Å²) in [5, 5.41) is 25.5. The molecule has 12 aromatic rings. The molecular formula is C90H87N21O3. The molecule has 12 heterocycles. The van der Waals surface area contributed by atoms with E-state index in [1.54, 1.807) is 14.7 Å². The highest BCUT2D eigenvalue weighted by molar-refractivity contribution is 6.23. The van der Waals surface area contributed by atoms with Gasteiger partial charge in [0.05, 0.1) is 73.0 Å². The van der Waals surface area contributed by atoms with Crippen molar-refractivity contribution in [1.29, 1.82) is 0 Å². The lowest BCUT2D eigenvalue weighted by molar-refractivity contribution is 0.0857. The summed E-state index contributed by atoms with van der Waals surface area (Å²) < 4.78 is 5.82. The van der Waals surface area contributed by atoms with Crippen LogP contribution < -0.4 is 30.7 Å². The molecule has 24 heteroatoms. The van der Waals surface area contributed by atoms with E-state index < -0.39 is 0 Å². The molecule has 6 atom stereocenters.